The molecule has 1 aromatic heterocycles. The van der Waals surface area contributed by atoms with E-state index in [1.807, 2.05) is 30.1 Å². The van der Waals surface area contributed by atoms with Crippen LogP contribution in [0.5, 0.6) is 0 Å². The molecule has 0 bridgehead atoms. The Morgan fingerprint density at radius 1 is 1.28 bits per heavy atom. The second-order valence-electron chi connectivity index (χ2n) is 5.08. The number of aryl methyl sites for hydroxylation is 1. The first kappa shape index (κ1) is 11.5. The van der Waals surface area contributed by atoms with Crippen molar-refractivity contribution in [2.75, 3.05) is 13.1 Å². The molecular weight excluding hydrogens is 221 g/mol. The quantitative estimate of drug-likeness (QED) is 0.737. The summed E-state index contributed by atoms with van der Waals surface area (Å²) < 4.78 is 1.85. The molecule has 0 N–H and O–H groups in total. The van der Waals surface area contributed by atoms with Gasteiger partial charge in [-0.25, -0.2) is 0 Å². The average Bonchev–Trinajstić information content (AvgIpc) is 2.71. The maximum Gasteiger partial charge on any atom is 0.113 e. The molecule has 2 aromatic rings. The van der Waals surface area contributed by atoms with Crippen LogP contribution in [0.4, 0.5) is 0 Å². The van der Waals surface area contributed by atoms with Crippen molar-refractivity contribution in [3.8, 4) is 0 Å². The molecule has 3 nitrogen and oxygen atoms in total. The molecule has 1 aromatic carbocycles. The zero-order valence-corrected chi connectivity index (χ0v) is 10.6. The summed E-state index contributed by atoms with van der Waals surface area (Å²) in [6, 6.07) is 8.25. The summed E-state index contributed by atoms with van der Waals surface area (Å²) in [4.78, 5) is 2.44. The van der Waals surface area contributed by atoms with Crippen LogP contribution in [0.25, 0.3) is 0 Å². The van der Waals surface area contributed by atoms with Crippen LogP contribution in [0.3, 0.4) is 0 Å². The van der Waals surface area contributed by atoms with Crippen LogP contribution in [0, 0.1) is 0 Å². The van der Waals surface area contributed by atoms with Gasteiger partial charge in [-0.05, 0) is 5.56 Å². The molecule has 0 amide bonds. The Bertz CT molecular complexity index is 526. The molecule has 1 aliphatic heterocycles. The maximum atomic E-state index is 5.70. The van der Waals surface area contributed by atoms with Crippen LogP contribution < -0.4 is 5.46 Å². The summed E-state index contributed by atoms with van der Waals surface area (Å²) in [6.45, 7) is 3.25. The first-order chi connectivity index (χ1) is 8.70. The first-order valence-electron chi connectivity index (χ1n) is 6.26. The van der Waals surface area contributed by atoms with E-state index in [2.05, 4.69) is 28.3 Å². The van der Waals surface area contributed by atoms with Crippen LogP contribution in [-0.2, 0) is 13.6 Å². The van der Waals surface area contributed by atoms with E-state index in [1.165, 1.54) is 11.1 Å². The zero-order chi connectivity index (χ0) is 12.5. The lowest BCUT2D eigenvalue weighted by Crippen LogP contribution is -2.44. The normalized spacial score (nSPS) is 16.7. The molecule has 90 valence electrons. The van der Waals surface area contributed by atoms with Gasteiger partial charge >= 0.3 is 0 Å². The van der Waals surface area contributed by atoms with E-state index < -0.39 is 0 Å². The number of nitrogens with zero attached hydrogens (tertiary/aromatic N) is 3. The third-order valence-electron chi connectivity index (χ3n) is 3.53. The van der Waals surface area contributed by atoms with Crippen molar-refractivity contribution in [1.29, 1.82) is 0 Å². The van der Waals surface area contributed by atoms with Gasteiger partial charge < -0.3 is 0 Å². The average molecular weight is 237 g/mol. The minimum Gasteiger partial charge on any atom is -0.298 e. The summed E-state index contributed by atoms with van der Waals surface area (Å²) in [5.74, 6) is 0.655. The molecule has 3 rings (SSSR count). The highest BCUT2D eigenvalue weighted by Gasteiger charge is 2.27. The zero-order valence-electron chi connectivity index (χ0n) is 10.6. The molecule has 2 radical (unpaired) electrons. The minimum absolute atomic E-state index is 0.655. The predicted octanol–water partition coefficient (Wildman–Crippen LogP) is 0.813. The lowest BCUT2D eigenvalue weighted by atomic mass is 9.88. The van der Waals surface area contributed by atoms with E-state index in [0.717, 1.165) is 25.1 Å². The van der Waals surface area contributed by atoms with Gasteiger partial charge in [0.25, 0.3) is 0 Å². The molecule has 0 spiro atoms. The SMILES string of the molecule is [B]c1ccc(C2CN(Cc3cnn(C)c3)C2)cc1. The molecule has 1 saturated heterocycles. The fourth-order valence-electron chi connectivity index (χ4n) is 2.49. The van der Waals surface area contributed by atoms with Crippen molar-refractivity contribution in [2.24, 2.45) is 7.05 Å². The predicted molar refractivity (Wildman–Crippen MR) is 73.1 cm³/mol. The Kier molecular flexibility index (Phi) is 2.96. The van der Waals surface area contributed by atoms with Gasteiger partial charge in [0.05, 0.1) is 6.20 Å². The van der Waals surface area contributed by atoms with Gasteiger partial charge in [0.1, 0.15) is 7.85 Å². The van der Waals surface area contributed by atoms with Crippen LogP contribution >= 0.6 is 0 Å². The third kappa shape index (κ3) is 2.34. The topological polar surface area (TPSA) is 21.1 Å². The molecule has 2 heterocycles. The van der Waals surface area contributed by atoms with E-state index in [1.54, 1.807) is 0 Å². The van der Waals surface area contributed by atoms with Crippen molar-refractivity contribution in [3.63, 3.8) is 0 Å². The second kappa shape index (κ2) is 4.61. The number of hydrogen-bond acceptors (Lipinski definition) is 2. The molecule has 0 atom stereocenters. The van der Waals surface area contributed by atoms with Crippen molar-refractivity contribution in [1.82, 2.24) is 14.7 Å². The summed E-state index contributed by atoms with van der Waals surface area (Å²) in [6.07, 6.45) is 4.02. The van der Waals surface area contributed by atoms with Gasteiger partial charge in [0.2, 0.25) is 0 Å². The lowest BCUT2D eigenvalue weighted by molar-refractivity contribution is 0.139. The van der Waals surface area contributed by atoms with E-state index >= 15 is 0 Å². The molecule has 0 saturated carbocycles. The molecule has 1 aliphatic rings. The molecule has 0 unspecified atom stereocenters. The smallest absolute Gasteiger partial charge is 0.113 e. The monoisotopic (exact) mass is 237 g/mol. The third-order valence-corrected chi connectivity index (χ3v) is 3.53. The highest BCUT2D eigenvalue weighted by molar-refractivity contribution is 6.32. The largest absolute Gasteiger partial charge is 0.298 e. The molecule has 18 heavy (non-hydrogen) atoms. The van der Waals surface area contributed by atoms with Crippen molar-refractivity contribution >= 4 is 13.3 Å². The number of benzene rings is 1. The van der Waals surface area contributed by atoms with Gasteiger partial charge in [0.15, 0.2) is 0 Å². The van der Waals surface area contributed by atoms with E-state index in [4.69, 9.17) is 7.85 Å². The fraction of sp³-hybridized carbons (Fsp3) is 0.357. The summed E-state index contributed by atoms with van der Waals surface area (Å²) in [5.41, 5.74) is 3.52. The Balaban J connectivity index is 1.55. The van der Waals surface area contributed by atoms with Crippen molar-refractivity contribution < 1.29 is 0 Å². The van der Waals surface area contributed by atoms with Crippen LogP contribution in [-0.4, -0.2) is 35.6 Å². The first-order valence-corrected chi connectivity index (χ1v) is 6.26. The second-order valence-corrected chi connectivity index (χ2v) is 5.08. The van der Waals surface area contributed by atoms with Crippen LogP contribution in [0.2, 0.25) is 0 Å². The number of aromatic nitrogens is 2. The molecule has 1 fully saturated rings. The van der Waals surface area contributed by atoms with E-state index in [-0.39, 0.29) is 0 Å². The highest BCUT2D eigenvalue weighted by Crippen LogP contribution is 2.27. The molecule has 4 heteroatoms. The fourth-order valence-corrected chi connectivity index (χ4v) is 2.49. The lowest BCUT2D eigenvalue weighted by Gasteiger charge is -2.39. The standard InChI is InChI=1S/C14H16BN3/c1-17-7-11(6-16-17)8-18-9-13(10-18)12-2-4-14(15)5-3-12/h2-7,13H,8-10H2,1H3. The van der Waals surface area contributed by atoms with Gasteiger partial charge in [-0.2, -0.15) is 5.10 Å². The highest BCUT2D eigenvalue weighted by atomic mass is 15.2. The maximum absolute atomic E-state index is 5.70. The Labute approximate surface area is 109 Å². The van der Waals surface area contributed by atoms with Crippen molar-refractivity contribution in [2.45, 2.75) is 12.5 Å². The van der Waals surface area contributed by atoms with Gasteiger partial charge in [-0.15, -0.1) is 0 Å². The van der Waals surface area contributed by atoms with Crippen LogP contribution in [0.15, 0.2) is 36.7 Å². The number of likely N-dealkylation sites (tertiary alicyclic amines) is 1. The minimum atomic E-state index is 0.655. The van der Waals surface area contributed by atoms with Gasteiger partial charge in [-0.1, -0.05) is 29.7 Å². The Morgan fingerprint density at radius 3 is 2.61 bits per heavy atom. The summed E-state index contributed by atoms with van der Waals surface area (Å²) in [5, 5.41) is 4.19. The Hall–Kier alpha value is -1.55. The summed E-state index contributed by atoms with van der Waals surface area (Å²) in [7, 11) is 7.65. The molecular formula is C14H16BN3. The van der Waals surface area contributed by atoms with E-state index in [0.29, 0.717) is 5.92 Å². The van der Waals surface area contributed by atoms with Gasteiger partial charge in [-0.3, -0.25) is 9.58 Å². The van der Waals surface area contributed by atoms with Crippen molar-refractivity contribution in [3.05, 3.63) is 47.8 Å². The number of rotatable bonds is 3. The molecule has 0 aliphatic carbocycles. The Morgan fingerprint density at radius 2 is 2.00 bits per heavy atom. The van der Waals surface area contributed by atoms with E-state index in [9.17, 15) is 0 Å². The van der Waals surface area contributed by atoms with Gasteiger partial charge in [0, 0.05) is 44.4 Å². The number of hydrogen-bond donors (Lipinski definition) is 0. The summed E-state index contributed by atoms with van der Waals surface area (Å²) >= 11 is 0. The van der Waals surface area contributed by atoms with Crippen LogP contribution in [0.1, 0.15) is 17.0 Å².